The number of nitrogens with one attached hydrogen (secondary N) is 1. The van der Waals surface area contributed by atoms with Crippen LogP contribution in [0.1, 0.15) is 26.2 Å². The average molecular weight is 230 g/mol. The Morgan fingerprint density at radius 2 is 2.27 bits per heavy atom. The molecule has 0 aromatic carbocycles. The van der Waals surface area contributed by atoms with Crippen molar-refractivity contribution in [2.75, 3.05) is 45.2 Å². The van der Waals surface area contributed by atoms with Crippen LogP contribution in [0.5, 0.6) is 0 Å². The summed E-state index contributed by atoms with van der Waals surface area (Å²) in [7, 11) is 2.27. The Morgan fingerprint density at radius 3 is 2.80 bits per heavy atom. The van der Waals surface area contributed by atoms with Gasteiger partial charge < -0.3 is 10.2 Å². The molecule has 15 heavy (non-hydrogen) atoms. The van der Waals surface area contributed by atoms with E-state index in [-0.39, 0.29) is 0 Å². The predicted molar refractivity (Wildman–Crippen MR) is 70.7 cm³/mol. The Labute approximate surface area is 99.2 Å². The second kappa shape index (κ2) is 6.77. The van der Waals surface area contributed by atoms with Gasteiger partial charge in [0.15, 0.2) is 0 Å². The van der Waals surface area contributed by atoms with Gasteiger partial charge in [0, 0.05) is 25.4 Å². The van der Waals surface area contributed by atoms with Crippen LogP contribution in [-0.4, -0.2) is 50.1 Å². The molecule has 1 fully saturated rings. The minimum Gasteiger partial charge on any atom is -0.316 e. The molecule has 0 spiro atoms. The summed E-state index contributed by atoms with van der Waals surface area (Å²) in [5.41, 5.74) is 0.571. The van der Waals surface area contributed by atoms with E-state index in [1.54, 1.807) is 0 Å². The Balaban J connectivity index is 2.36. The first-order chi connectivity index (χ1) is 7.22. The fourth-order valence-electron chi connectivity index (χ4n) is 2.65. The van der Waals surface area contributed by atoms with Crippen LogP contribution in [0.25, 0.3) is 0 Å². The van der Waals surface area contributed by atoms with Crippen molar-refractivity contribution in [1.82, 2.24) is 10.2 Å². The summed E-state index contributed by atoms with van der Waals surface area (Å²) in [5.74, 6) is 1.26. The van der Waals surface area contributed by atoms with E-state index in [2.05, 4.69) is 30.4 Å². The molecule has 0 bridgehead atoms. The summed E-state index contributed by atoms with van der Waals surface area (Å²) in [6.07, 6.45) is 6.25. The third kappa shape index (κ3) is 4.33. The highest BCUT2D eigenvalue weighted by molar-refractivity contribution is 7.98. The zero-order valence-electron chi connectivity index (χ0n) is 10.5. The monoisotopic (exact) mass is 230 g/mol. The fraction of sp³-hybridized carbons (Fsp3) is 1.00. The zero-order valence-corrected chi connectivity index (χ0v) is 11.3. The Morgan fingerprint density at radius 1 is 1.47 bits per heavy atom. The molecule has 0 aromatic heterocycles. The molecule has 3 heteroatoms. The van der Waals surface area contributed by atoms with Crippen LogP contribution in [0.4, 0.5) is 0 Å². The second-order valence-corrected chi connectivity index (χ2v) is 5.89. The molecule has 2 nitrogen and oxygen atoms in total. The summed E-state index contributed by atoms with van der Waals surface area (Å²) < 4.78 is 0. The molecule has 1 atom stereocenters. The minimum atomic E-state index is 0.571. The van der Waals surface area contributed by atoms with Gasteiger partial charge in [0.05, 0.1) is 0 Å². The van der Waals surface area contributed by atoms with Gasteiger partial charge in [0.1, 0.15) is 0 Å². The first kappa shape index (κ1) is 13.3. The van der Waals surface area contributed by atoms with Crippen molar-refractivity contribution in [3.8, 4) is 0 Å². The van der Waals surface area contributed by atoms with Crippen LogP contribution in [-0.2, 0) is 0 Å². The first-order valence-electron chi connectivity index (χ1n) is 6.11. The molecular weight excluding hydrogens is 204 g/mol. The molecule has 1 aliphatic rings. The van der Waals surface area contributed by atoms with Crippen LogP contribution in [0.2, 0.25) is 0 Å². The molecule has 1 saturated heterocycles. The molecule has 1 rings (SSSR count). The average Bonchev–Trinajstić information content (AvgIpc) is 2.64. The molecule has 0 aromatic rings. The van der Waals surface area contributed by atoms with Crippen molar-refractivity contribution in [1.29, 1.82) is 0 Å². The van der Waals surface area contributed by atoms with E-state index in [0.717, 1.165) is 0 Å². The van der Waals surface area contributed by atoms with Gasteiger partial charge in [-0.1, -0.05) is 13.3 Å². The maximum Gasteiger partial charge on any atom is 0.00694 e. The lowest BCUT2D eigenvalue weighted by Crippen LogP contribution is -2.38. The van der Waals surface area contributed by atoms with E-state index in [1.165, 1.54) is 51.2 Å². The zero-order chi connectivity index (χ0) is 11.1. The van der Waals surface area contributed by atoms with E-state index >= 15 is 0 Å². The normalized spacial score (nSPS) is 26.4. The van der Waals surface area contributed by atoms with Crippen LogP contribution in [0, 0.1) is 5.41 Å². The Bertz CT molecular complexity index is 167. The van der Waals surface area contributed by atoms with Crippen LogP contribution in [0.3, 0.4) is 0 Å². The van der Waals surface area contributed by atoms with Gasteiger partial charge in [-0.15, -0.1) is 0 Å². The maximum absolute atomic E-state index is 3.53. The number of nitrogens with zero attached hydrogens (tertiary/aromatic N) is 1. The topological polar surface area (TPSA) is 15.3 Å². The highest BCUT2D eigenvalue weighted by Gasteiger charge is 2.33. The molecule has 1 heterocycles. The molecule has 0 saturated carbocycles. The van der Waals surface area contributed by atoms with Crippen LogP contribution >= 0.6 is 11.8 Å². The van der Waals surface area contributed by atoms with Crippen molar-refractivity contribution in [2.45, 2.75) is 26.2 Å². The third-order valence-corrected chi connectivity index (χ3v) is 3.99. The van der Waals surface area contributed by atoms with Crippen molar-refractivity contribution < 1.29 is 0 Å². The number of rotatable bonds is 7. The summed E-state index contributed by atoms with van der Waals surface area (Å²) >= 11 is 1.94. The van der Waals surface area contributed by atoms with Gasteiger partial charge in [-0.3, -0.25) is 0 Å². The summed E-state index contributed by atoms with van der Waals surface area (Å²) in [5, 5.41) is 3.53. The van der Waals surface area contributed by atoms with E-state index in [1.807, 2.05) is 11.8 Å². The van der Waals surface area contributed by atoms with Crippen LogP contribution < -0.4 is 5.32 Å². The first-order valence-corrected chi connectivity index (χ1v) is 7.50. The van der Waals surface area contributed by atoms with Gasteiger partial charge in [0.25, 0.3) is 0 Å². The standard InChI is InChI=1S/C12H26N2S/c1-4-5-12(6-7-13-10-12)11-14(2)8-9-15-3/h13H,4-11H2,1-3H3. The van der Waals surface area contributed by atoms with Crippen LogP contribution in [0.15, 0.2) is 0 Å². The maximum atomic E-state index is 3.53. The van der Waals surface area contributed by atoms with Gasteiger partial charge >= 0.3 is 0 Å². The predicted octanol–water partition coefficient (Wildman–Crippen LogP) is 2.06. The Hall–Kier alpha value is 0.270. The molecule has 0 aliphatic carbocycles. The molecule has 0 radical (unpaired) electrons. The molecule has 0 amide bonds. The van der Waals surface area contributed by atoms with Gasteiger partial charge in [0.2, 0.25) is 0 Å². The smallest absolute Gasteiger partial charge is 0.00694 e. The molecule has 90 valence electrons. The highest BCUT2D eigenvalue weighted by Crippen LogP contribution is 2.31. The van der Waals surface area contributed by atoms with E-state index in [0.29, 0.717) is 5.41 Å². The largest absolute Gasteiger partial charge is 0.316 e. The lowest BCUT2D eigenvalue weighted by atomic mass is 9.82. The quantitative estimate of drug-likeness (QED) is 0.721. The van der Waals surface area contributed by atoms with Gasteiger partial charge in [-0.25, -0.2) is 0 Å². The van der Waals surface area contributed by atoms with Crippen molar-refractivity contribution in [2.24, 2.45) is 5.41 Å². The summed E-state index contributed by atoms with van der Waals surface area (Å²) in [6.45, 7) is 7.25. The molecule has 1 unspecified atom stereocenters. The number of hydrogen-bond acceptors (Lipinski definition) is 3. The molecular formula is C12H26N2S. The lowest BCUT2D eigenvalue weighted by Gasteiger charge is -2.32. The highest BCUT2D eigenvalue weighted by atomic mass is 32.2. The fourth-order valence-corrected chi connectivity index (χ4v) is 3.15. The van der Waals surface area contributed by atoms with E-state index in [9.17, 15) is 0 Å². The molecule has 1 aliphatic heterocycles. The number of thioether (sulfide) groups is 1. The summed E-state index contributed by atoms with van der Waals surface area (Å²) in [4.78, 5) is 2.51. The SMILES string of the molecule is CCCC1(CN(C)CCSC)CCNC1. The van der Waals surface area contributed by atoms with Crippen molar-refractivity contribution in [3.05, 3.63) is 0 Å². The van der Waals surface area contributed by atoms with Crippen molar-refractivity contribution >= 4 is 11.8 Å². The van der Waals surface area contributed by atoms with E-state index < -0.39 is 0 Å². The summed E-state index contributed by atoms with van der Waals surface area (Å²) in [6, 6.07) is 0. The minimum absolute atomic E-state index is 0.571. The van der Waals surface area contributed by atoms with Gasteiger partial charge in [-0.2, -0.15) is 11.8 Å². The lowest BCUT2D eigenvalue weighted by molar-refractivity contribution is 0.184. The molecule has 1 N–H and O–H groups in total. The van der Waals surface area contributed by atoms with E-state index in [4.69, 9.17) is 0 Å². The number of hydrogen-bond donors (Lipinski definition) is 1. The third-order valence-electron chi connectivity index (χ3n) is 3.39. The van der Waals surface area contributed by atoms with Crippen molar-refractivity contribution in [3.63, 3.8) is 0 Å². The van der Waals surface area contributed by atoms with Gasteiger partial charge in [-0.05, 0) is 38.1 Å². The Kier molecular flexibility index (Phi) is 6.02. The second-order valence-electron chi connectivity index (χ2n) is 4.91.